The van der Waals surface area contributed by atoms with Gasteiger partial charge in [-0.25, -0.2) is 13.2 Å². The molecule has 0 saturated carbocycles. The maximum Gasteiger partial charge on any atom is 0.253 e. The number of hydrogen-bond acceptors (Lipinski definition) is 4. The van der Waals surface area contributed by atoms with Gasteiger partial charge in [-0.05, 0) is 13.0 Å². The van der Waals surface area contributed by atoms with E-state index in [1.807, 2.05) is 6.92 Å². The predicted molar refractivity (Wildman–Crippen MR) is 61.6 cm³/mol. The van der Waals surface area contributed by atoms with Crippen LogP contribution in [0, 0.1) is 17.5 Å². The Hall–Kier alpha value is -1.89. The van der Waals surface area contributed by atoms with E-state index in [4.69, 9.17) is 4.42 Å². The molecule has 0 aliphatic heterocycles. The van der Waals surface area contributed by atoms with Crippen molar-refractivity contribution < 1.29 is 17.6 Å². The highest BCUT2D eigenvalue weighted by Gasteiger charge is 2.19. The summed E-state index contributed by atoms with van der Waals surface area (Å²) in [4.78, 5) is 0. The Morgan fingerprint density at radius 2 is 1.84 bits per heavy atom. The van der Waals surface area contributed by atoms with Gasteiger partial charge in [0.2, 0.25) is 5.89 Å². The summed E-state index contributed by atoms with van der Waals surface area (Å²) in [7, 11) is 0. The molecule has 0 aliphatic carbocycles. The van der Waals surface area contributed by atoms with Crippen LogP contribution in [-0.2, 0) is 6.54 Å². The van der Waals surface area contributed by atoms with Crippen molar-refractivity contribution >= 4 is 0 Å². The van der Waals surface area contributed by atoms with Crippen LogP contribution in [0.2, 0.25) is 0 Å². The lowest BCUT2D eigenvalue weighted by atomic mass is 10.2. The quantitative estimate of drug-likeness (QED) is 0.849. The van der Waals surface area contributed by atoms with Gasteiger partial charge in [0, 0.05) is 12.1 Å². The Morgan fingerprint density at radius 3 is 2.47 bits per heavy atom. The van der Waals surface area contributed by atoms with Crippen molar-refractivity contribution in [1.82, 2.24) is 15.5 Å². The minimum Gasteiger partial charge on any atom is -0.419 e. The summed E-state index contributed by atoms with van der Waals surface area (Å²) < 4.78 is 44.9. The standard InChI is InChI=1S/C12H12F3N3O/c1-2-3-16-6-10-17-18-12(19-10)11-8(14)4-7(13)5-9(11)15/h4-5,16H,2-3,6H2,1H3. The molecule has 2 aromatic rings. The van der Waals surface area contributed by atoms with Gasteiger partial charge < -0.3 is 9.73 Å². The molecule has 0 saturated heterocycles. The van der Waals surface area contributed by atoms with Crippen LogP contribution in [0.5, 0.6) is 0 Å². The van der Waals surface area contributed by atoms with E-state index in [2.05, 4.69) is 15.5 Å². The molecular weight excluding hydrogens is 259 g/mol. The molecule has 2 rings (SSSR count). The van der Waals surface area contributed by atoms with Crippen LogP contribution in [0.15, 0.2) is 16.5 Å². The zero-order valence-corrected chi connectivity index (χ0v) is 10.2. The minimum atomic E-state index is -1.07. The number of halogens is 3. The number of hydrogen-bond donors (Lipinski definition) is 1. The Bertz CT molecular complexity index is 548. The molecule has 0 aliphatic rings. The molecule has 0 radical (unpaired) electrons. The second kappa shape index (κ2) is 5.83. The number of nitrogens with one attached hydrogen (secondary N) is 1. The van der Waals surface area contributed by atoms with Crippen LogP contribution in [0.4, 0.5) is 13.2 Å². The zero-order valence-electron chi connectivity index (χ0n) is 10.2. The van der Waals surface area contributed by atoms with E-state index in [9.17, 15) is 13.2 Å². The SMILES string of the molecule is CCCNCc1nnc(-c2c(F)cc(F)cc2F)o1. The van der Waals surface area contributed by atoms with Gasteiger partial charge in [-0.3, -0.25) is 0 Å². The Morgan fingerprint density at radius 1 is 1.16 bits per heavy atom. The third-order valence-electron chi connectivity index (χ3n) is 2.39. The monoisotopic (exact) mass is 271 g/mol. The van der Waals surface area contributed by atoms with Crippen molar-refractivity contribution in [3.63, 3.8) is 0 Å². The molecule has 7 heteroatoms. The summed E-state index contributed by atoms with van der Waals surface area (Å²) in [6.07, 6.45) is 0.933. The van der Waals surface area contributed by atoms with Gasteiger partial charge in [0.15, 0.2) is 0 Å². The fraction of sp³-hybridized carbons (Fsp3) is 0.333. The smallest absolute Gasteiger partial charge is 0.253 e. The number of aromatic nitrogens is 2. The average molecular weight is 271 g/mol. The highest BCUT2D eigenvalue weighted by molar-refractivity contribution is 5.54. The second-order valence-corrected chi connectivity index (χ2v) is 3.92. The first-order valence-electron chi connectivity index (χ1n) is 5.79. The van der Waals surface area contributed by atoms with Crippen molar-refractivity contribution in [2.75, 3.05) is 6.54 Å². The van der Waals surface area contributed by atoms with E-state index in [-0.39, 0.29) is 11.8 Å². The highest BCUT2D eigenvalue weighted by Crippen LogP contribution is 2.25. The van der Waals surface area contributed by atoms with Crippen LogP contribution in [0.1, 0.15) is 19.2 Å². The van der Waals surface area contributed by atoms with Crippen LogP contribution in [-0.4, -0.2) is 16.7 Å². The molecule has 1 aromatic carbocycles. The maximum absolute atomic E-state index is 13.5. The first-order valence-corrected chi connectivity index (χ1v) is 5.79. The first-order chi connectivity index (χ1) is 9.11. The van der Waals surface area contributed by atoms with Gasteiger partial charge in [0.25, 0.3) is 5.89 Å². The largest absolute Gasteiger partial charge is 0.419 e. The molecule has 1 N–H and O–H groups in total. The summed E-state index contributed by atoms with van der Waals surface area (Å²) >= 11 is 0. The summed E-state index contributed by atoms with van der Waals surface area (Å²) in [5, 5.41) is 10.2. The van der Waals surface area contributed by atoms with E-state index in [1.54, 1.807) is 0 Å². The Kier molecular flexibility index (Phi) is 4.16. The van der Waals surface area contributed by atoms with E-state index < -0.39 is 23.0 Å². The molecule has 0 atom stereocenters. The summed E-state index contributed by atoms with van der Waals surface area (Å²) in [6, 6.07) is 1.13. The number of rotatable bonds is 5. The van der Waals surface area contributed by atoms with E-state index >= 15 is 0 Å². The molecule has 1 heterocycles. The van der Waals surface area contributed by atoms with Gasteiger partial charge in [-0.15, -0.1) is 10.2 Å². The first kappa shape index (κ1) is 13.5. The van der Waals surface area contributed by atoms with Gasteiger partial charge in [-0.1, -0.05) is 6.92 Å². The third-order valence-corrected chi connectivity index (χ3v) is 2.39. The lowest BCUT2D eigenvalue weighted by molar-refractivity contribution is 0.469. The lowest BCUT2D eigenvalue weighted by Gasteiger charge is -2.00. The summed E-state index contributed by atoms with van der Waals surface area (Å²) in [5.41, 5.74) is -0.518. The molecule has 1 aromatic heterocycles. The molecule has 0 amide bonds. The number of benzene rings is 1. The van der Waals surface area contributed by atoms with E-state index in [1.165, 1.54) is 0 Å². The van der Waals surface area contributed by atoms with Crippen LogP contribution in [0.25, 0.3) is 11.5 Å². The van der Waals surface area contributed by atoms with Gasteiger partial charge >= 0.3 is 0 Å². The third kappa shape index (κ3) is 3.11. The summed E-state index contributed by atoms with van der Waals surface area (Å²) in [5.74, 6) is -3.23. The van der Waals surface area contributed by atoms with Gasteiger partial charge in [0.05, 0.1) is 6.54 Å². The molecule has 19 heavy (non-hydrogen) atoms. The van der Waals surface area contributed by atoms with Crippen molar-refractivity contribution in [1.29, 1.82) is 0 Å². The van der Waals surface area contributed by atoms with Crippen molar-refractivity contribution in [3.8, 4) is 11.5 Å². The normalized spacial score (nSPS) is 10.9. The van der Waals surface area contributed by atoms with Crippen LogP contribution in [0.3, 0.4) is 0 Å². The Balaban J connectivity index is 2.23. The van der Waals surface area contributed by atoms with E-state index in [0.717, 1.165) is 13.0 Å². The fourth-order valence-corrected chi connectivity index (χ4v) is 1.54. The lowest BCUT2D eigenvalue weighted by Crippen LogP contribution is -2.13. The van der Waals surface area contributed by atoms with Gasteiger partial charge in [-0.2, -0.15) is 0 Å². The Labute approximate surface area is 107 Å². The number of nitrogens with zero attached hydrogens (tertiary/aromatic N) is 2. The average Bonchev–Trinajstić information content (AvgIpc) is 2.76. The predicted octanol–water partition coefficient (Wildman–Crippen LogP) is 2.65. The topological polar surface area (TPSA) is 51.0 Å². The zero-order chi connectivity index (χ0) is 13.8. The molecular formula is C12H12F3N3O. The second-order valence-electron chi connectivity index (χ2n) is 3.92. The highest BCUT2D eigenvalue weighted by atomic mass is 19.1. The molecule has 0 bridgehead atoms. The van der Waals surface area contributed by atoms with Gasteiger partial charge in [0.1, 0.15) is 23.0 Å². The maximum atomic E-state index is 13.5. The minimum absolute atomic E-state index is 0.214. The van der Waals surface area contributed by atoms with Crippen LogP contribution >= 0.6 is 0 Å². The molecule has 0 spiro atoms. The molecule has 4 nitrogen and oxygen atoms in total. The van der Waals surface area contributed by atoms with E-state index in [0.29, 0.717) is 18.7 Å². The molecule has 0 fully saturated rings. The molecule has 0 unspecified atom stereocenters. The molecule has 102 valence electrons. The fourth-order valence-electron chi connectivity index (χ4n) is 1.54. The van der Waals surface area contributed by atoms with Crippen molar-refractivity contribution in [3.05, 3.63) is 35.5 Å². The summed E-state index contributed by atoms with van der Waals surface area (Å²) in [6.45, 7) is 3.07. The van der Waals surface area contributed by atoms with Crippen LogP contribution < -0.4 is 5.32 Å². The van der Waals surface area contributed by atoms with Crippen molar-refractivity contribution in [2.45, 2.75) is 19.9 Å². The van der Waals surface area contributed by atoms with Crippen molar-refractivity contribution in [2.24, 2.45) is 0 Å².